The Hall–Kier alpha value is -2.28. The van der Waals surface area contributed by atoms with Crippen molar-refractivity contribution in [3.8, 4) is 0 Å². The number of nitrogens with two attached hydrogens (primary N) is 1. The van der Waals surface area contributed by atoms with Crippen molar-refractivity contribution in [2.45, 2.75) is 0 Å². The van der Waals surface area contributed by atoms with Crippen LogP contribution in [-0.4, -0.2) is 30.3 Å². The minimum Gasteiger partial charge on any atom is -0.379 e. The maximum Gasteiger partial charge on any atom is 0.281 e. The lowest BCUT2D eigenvalue weighted by Gasteiger charge is -2.17. The van der Waals surface area contributed by atoms with E-state index in [2.05, 4.69) is 20.3 Å². The molecule has 1 amide bonds. The maximum absolute atomic E-state index is 12.0. The van der Waals surface area contributed by atoms with Crippen molar-refractivity contribution in [1.29, 1.82) is 0 Å². The van der Waals surface area contributed by atoms with Gasteiger partial charge in [0, 0.05) is 19.1 Å². The number of nitrogen functional groups attached to an aromatic ring is 1. The van der Waals surface area contributed by atoms with E-state index < -0.39 is 5.91 Å². The Bertz CT molecular complexity index is 611. The monoisotopic (exact) mass is 281 g/mol. The zero-order chi connectivity index (χ0) is 14.0. The summed E-state index contributed by atoms with van der Waals surface area (Å²) < 4.78 is 4.38. The lowest BCUT2D eigenvalue weighted by atomic mass is 10.2. The number of hydrogen-bond donors (Lipinski definition) is 2. The van der Waals surface area contributed by atoms with E-state index in [1.165, 1.54) is 0 Å². The molecular weight excluding hydrogens is 270 g/mol. The molecule has 0 saturated heterocycles. The van der Waals surface area contributed by atoms with Crippen LogP contribution in [0, 0.1) is 0 Å². The van der Waals surface area contributed by atoms with Gasteiger partial charge in [-0.3, -0.25) is 4.79 Å². The van der Waals surface area contributed by atoms with Gasteiger partial charge in [0.15, 0.2) is 0 Å². The standard InChI is InChI=1S/C11H12ClN5O2/c1-17(2)8-4-3-6(12)5-7(8)14-11(18)9-10(13)16-19-15-9/h3-5H,1-2H3,(H2,13,16)(H,14,18). The van der Waals surface area contributed by atoms with Gasteiger partial charge in [0.2, 0.25) is 11.5 Å². The number of hydrogen-bond acceptors (Lipinski definition) is 6. The molecule has 100 valence electrons. The summed E-state index contributed by atoms with van der Waals surface area (Å²) in [6.07, 6.45) is 0. The van der Waals surface area contributed by atoms with Crippen molar-refractivity contribution in [3.05, 3.63) is 28.9 Å². The third kappa shape index (κ3) is 2.76. The summed E-state index contributed by atoms with van der Waals surface area (Å²) in [7, 11) is 3.70. The number of amides is 1. The summed E-state index contributed by atoms with van der Waals surface area (Å²) >= 11 is 5.92. The number of benzene rings is 1. The molecular formula is C11H12ClN5O2. The van der Waals surface area contributed by atoms with Gasteiger partial charge in [0.25, 0.3) is 5.91 Å². The Balaban J connectivity index is 2.31. The van der Waals surface area contributed by atoms with Crippen LogP contribution in [0.5, 0.6) is 0 Å². The number of carbonyl (C=O) groups excluding carboxylic acids is 1. The van der Waals surface area contributed by atoms with Gasteiger partial charge >= 0.3 is 0 Å². The molecule has 0 bridgehead atoms. The molecule has 1 aromatic heterocycles. The summed E-state index contributed by atoms with van der Waals surface area (Å²) in [4.78, 5) is 13.8. The van der Waals surface area contributed by atoms with Crippen LogP contribution in [0.4, 0.5) is 17.2 Å². The lowest BCUT2D eigenvalue weighted by molar-refractivity contribution is 0.101. The Labute approximate surface area is 114 Å². The smallest absolute Gasteiger partial charge is 0.281 e. The fourth-order valence-corrected chi connectivity index (χ4v) is 1.70. The molecule has 0 aliphatic heterocycles. The molecule has 0 aliphatic rings. The third-order valence-electron chi connectivity index (χ3n) is 2.42. The highest BCUT2D eigenvalue weighted by atomic mass is 35.5. The summed E-state index contributed by atoms with van der Waals surface area (Å²) in [5.41, 5.74) is 6.74. The van der Waals surface area contributed by atoms with Gasteiger partial charge in [-0.2, -0.15) is 0 Å². The van der Waals surface area contributed by atoms with Crippen LogP contribution in [0.3, 0.4) is 0 Å². The van der Waals surface area contributed by atoms with E-state index in [-0.39, 0.29) is 11.5 Å². The SMILES string of the molecule is CN(C)c1ccc(Cl)cc1NC(=O)c1nonc1N. The topological polar surface area (TPSA) is 97.3 Å². The summed E-state index contributed by atoms with van der Waals surface area (Å²) in [5, 5.41) is 9.96. The van der Waals surface area contributed by atoms with Crippen molar-refractivity contribution in [1.82, 2.24) is 10.3 Å². The van der Waals surface area contributed by atoms with E-state index in [0.29, 0.717) is 10.7 Å². The molecule has 19 heavy (non-hydrogen) atoms. The maximum atomic E-state index is 12.0. The molecule has 0 atom stereocenters. The van der Waals surface area contributed by atoms with E-state index in [1.807, 2.05) is 19.0 Å². The van der Waals surface area contributed by atoms with Crippen molar-refractivity contribution in [2.24, 2.45) is 0 Å². The Morgan fingerprint density at radius 2 is 2.16 bits per heavy atom. The summed E-state index contributed by atoms with van der Waals surface area (Å²) in [6.45, 7) is 0. The van der Waals surface area contributed by atoms with Gasteiger partial charge in [-0.25, -0.2) is 4.63 Å². The Morgan fingerprint density at radius 3 is 2.74 bits per heavy atom. The van der Waals surface area contributed by atoms with Crippen LogP contribution in [0.15, 0.2) is 22.8 Å². The van der Waals surface area contributed by atoms with Gasteiger partial charge in [0.05, 0.1) is 11.4 Å². The van der Waals surface area contributed by atoms with E-state index in [9.17, 15) is 4.79 Å². The molecule has 7 nitrogen and oxygen atoms in total. The van der Waals surface area contributed by atoms with Crippen LogP contribution >= 0.6 is 11.6 Å². The highest BCUT2D eigenvalue weighted by Crippen LogP contribution is 2.28. The fourth-order valence-electron chi connectivity index (χ4n) is 1.53. The first-order chi connectivity index (χ1) is 8.99. The molecule has 3 N–H and O–H groups in total. The van der Waals surface area contributed by atoms with Crippen LogP contribution in [-0.2, 0) is 0 Å². The second kappa shape index (κ2) is 5.15. The summed E-state index contributed by atoms with van der Waals surface area (Å²) in [5.74, 6) is -0.574. The van der Waals surface area contributed by atoms with Crippen molar-refractivity contribution in [3.63, 3.8) is 0 Å². The van der Waals surface area contributed by atoms with E-state index >= 15 is 0 Å². The first-order valence-corrected chi connectivity index (χ1v) is 5.73. The van der Waals surface area contributed by atoms with Gasteiger partial charge in [-0.05, 0) is 28.5 Å². The summed E-state index contributed by atoms with van der Waals surface area (Å²) in [6, 6.07) is 5.17. The molecule has 0 fully saturated rings. The van der Waals surface area contributed by atoms with E-state index in [0.717, 1.165) is 5.69 Å². The van der Waals surface area contributed by atoms with Gasteiger partial charge in [-0.15, -0.1) is 0 Å². The van der Waals surface area contributed by atoms with E-state index in [1.54, 1.807) is 18.2 Å². The Morgan fingerprint density at radius 1 is 1.42 bits per heavy atom. The number of nitrogens with one attached hydrogen (secondary N) is 1. The predicted molar refractivity (Wildman–Crippen MR) is 72.4 cm³/mol. The van der Waals surface area contributed by atoms with Crippen LogP contribution in [0.25, 0.3) is 0 Å². The molecule has 0 spiro atoms. The number of aromatic nitrogens is 2. The average Bonchev–Trinajstić information content (AvgIpc) is 2.75. The average molecular weight is 282 g/mol. The molecule has 0 saturated carbocycles. The zero-order valence-electron chi connectivity index (χ0n) is 10.3. The minimum absolute atomic E-state index is 0.0640. The van der Waals surface area contributed by atoms with Crippen molar-refractivity contribution < 1.29 is 9.42 Å². The first-order valence-electron chi connectivity index (χ1n) is 5.35. The predicted octanol–water partition coefficient (Wildman–Crippen LogP) is 1.62. The lowest BCUT2D eigenvalue weighted by Crippen LogP contribution is -2.18. The highest BCUT2D eigenvalue weighted by Gasteiger charge is 2.18. The van der Waals surface area contributed by atoms with Gasteiger partial charge in [0.1, 0.15) is 0 Å². The number of rotatable bonds is 3. The third-order valence-corrected chi connectivity index (χ3v) is 2.65. The number of anilines is 3. The first kappa shape index (κ1) is 13.2. The molecule has 0 unspecified atom stereocenters. The molecule has 0 radical (unpaired) electrons. The van der Waals surface area contributed by atoms with Gasteiger partial charge < -0.3 is 16.0 Å². The quantitative estimate of drug-likeness (QED) is 0.887. The Kier molecular flexibility index (Phi) is 3.57. The fraction of sp³-hybridized carbons (Fsp3) is 0.182. The van der Waals surface area contributed by atoms with Crippen molar-refractivity contribution >= 4 is 34.7 Å². The zero-order valence-corrected chi connectivity index (χ0v) is 11.1. The second-order valence-corrected chi connectivity index (χ2v) is 4.44. The van der Waals surface area contributed by atoms with Gasteiger partial charge in [-0.1, -0.05) is 11.6 Å². The van der Waals surface area contributed by atoms with Crippen LogP contribution < -0.4 is 16.0 Å². The largest absolute Gasteiger partial charge is 0.379 e. The number of carbonyl (C=O) groups is 1. The second-order valence-electron chi connectivity index (χ2n) is 4.01. The number of halogens is 1. The van der Waals surface area contributed by atoms with Crippen molar-refractivity contribution in [2.75, 3.05) is 30.0 Å². The minimum atomic E-state index is -0.510. The molecule has 8 heteroatoms. The van der Waals surface area contributed by atoms with Crippen LogP contribution in [0.1, 0.15) is 10.5 Å². The normalized spacial score (nSPS) is 10.3. The van der Waals surface area contributed by atoms with Crippen LogP contribution in [0.2, 0.25) is 5.02 Å². The molecule has 2 aromatic rings. The molecule has 2 rings (SSSR count). The molecule has 0 aliphatic carbocycles. The number of nitrogens with zero attached hydrogens (tertiary/aromatic N) is 3. The molecule has 1 heterocycles. The van der Waals surface area contributed by atoms with E-state index in [4.69, 9.17) is 17.3 Å². The molecule has 1 aromatic carbocycles. The highest BCUT2D eigenvalue weighted by molar-refractivity contribution is 6.31.